The van der Waals surface area contributed by atoms with Gasteiger partial charge in [-0.25, -0.2) is 0 Å². The normalized spacial score (nSPS) is 31.6. The molecule has 2 rings (SSSR count). The van der Waals surface area contributed by atoms with Crippen molar-refractivity contribution >= 4 is 0 Å². The van der Waals surface area contributed by atoms with Gasteiger partial charge in [-0.15, -0.1) is 0 Å². The number of allylic oxidation sites excluding steroid dienone is 4. The van der Waals surface area contributed by atoms with E-state index in [1.54, 1.807) is 5.57 Å². The summed E-state index contributed by atoms with van der Waals surface area (Å²) >= 11 is 0. The Labute approximate surface area is 81.7 Å². The summed E-state index contributed by atoms with van der Waals surface area (Å²) in [6, 6.07) is 0. The molecule has 2 unspecified atom stereocenters. The van der Waals surface area contributed by atoms with Crippen LogP contribution in [0, 0.1) is 11.8 Å². The van der Waals surface area contributed by atoms with Crippen molar-refractivity contribution in [3.8, 4) is 0 Å². The molecule has 0 saturated heterocycles. The molecule has 1 saturated carbocycles. The van der Waals surface area contributed by atoms with Gasteiger partial charge in [0, 0.05) is 0 Å². The summed E-state index contributed by atoms with van der Waals surface area (Å²) in [5.41, 5.74) is 1.73. The largest absolute Gasteiger partial charge is 0.0882 e. The lowest BCUT2D eigenvalue weighted by atomic mass is 9.91. The van der Waals surface area contributed by atoms with Gasteiger partial charge in [0.25, 0.3) is 0 Å². The molecule has 2 aliphatic rings. The van der Waals surface area contributed by atoms with Gasteiger partial charge in [0.1, 0.15) is 0 Å². The Morgan fingerprint density at radius 3 is 3.00 bits per heavy atom. The molecule has 0 radical (unpaired) electrons. The van der Waals surface area contributed by atoms with Crippen molar-refractivity contribution in [1.82, 2.24) is 0 Å². The highest BCUT2D eigenvalue weighted by Crippen LogP contribution is 2.44. The highest BCUT2D eigenvalue weighted by Gasteiger charge is 2.31. The first-order chi connectivity index (χ1) is 6.40. The summed E-state index contributed by atoms with van der Waals surface area (Å²) in [6.45, 7) is 2.26. The molecule has 1 fully saturated rings. The summed E-state index contributed by atoms with van der Waals surface area (Å²) < 4.78 is 0. The van der Waals surface area contributed by atoms with E-state index in [1.165, 1.54) is 38.5 Å². The van der Waals surface area contributed by atoms with Crippen LogP contribution in [0.4, 0.5) is 0 Å². The zero-order valence-electron chi connectivity index (χ0n) is 8.63. The molecule has 0 aliphatic heterocycles. The van der Waals surface area contributed by atoms with Crippen molar-refractivity contribution in [1.29, 1.82) is 0 Å². The molecule has 0 heterocycles. The standard InChI is InChI=1S/C13H20/c1-2-3-4-5-6-12-9-11-7-8-13(12)10-11/h5-7,12-13H,2-4,8-10H2,1H3. The third-order valence-corrected chi connectivity index (χ3v) is 3.44. The zero-order valence-corrected chi connectivity index (χ0v) is 8.63. The van der Waals surface area contributed by atoms with Crippen LogP contribution in [0.5, 0.6) is 0 Å². The van der Waals surface area contributed by atoms with Crippen molar-refractivity contribution < 1.29 is 0 Å². The topological polar surface area (TPSA) is 0 Å². The van der Waals surface area contributed by atoms with E-state index in [4.69, 9.17) is 0 Å². The first kappa shape index (κ1) is 9.05. The van der Waals surface area contributed by atoms with Crippen molar-refractivity contribution in [3.05, 3.63) is 23.8 Å². The molecule has 0 aromatic carbocycles. The van der Waals surface area contributed by atoms with Crippen LogP contribution in [0.25, 0.3) is 0 Å². The van der Waals surface area contributed by atoms with E-state index in [0.29, 0.717) is 0 Å². The van der Waals surface area contributed by atoms with E-state index in [9.17, 15) is 0 Å². The first-order valence-corrected chi connectivity index (χ1v) is 5.74. The Hall–Kier alpha value is -0.520. The highest BCUT2D eigenvalue weighted by molar-refractivity contribution is 5.21. The fourth-order valence-corrected chi connectivity index (χ4v) is 2.60. The lowest BCUT2D eigenvalue weighted by molar-refractivity contribution is 0.466. The van der Waals surface area contributed by atoms with Crippen LogP contribution in [0.15, 0.2) is 23.8 Å². The molecule has 0 nitrogen and oxygen atoms in total. The molecule has 0 aromatic rings. The second kappa shape index (κ2) is 4.13. The van der Waals surface area contributed by atoms with Gasteiger partial charge < -0.3 is 0 Å². The van der Waals surface area contributed by atoms with Crippen molar-refractivity contribution in [2.24, 2.45) is 11.8 Å². The van der Waals surface area contributed by atoms with Crippen molar-refractivity contribution in [2.75, 3.05) is 0 Å². The molecule has 0 aromatic heterocycles. The van der Waals surface area contributed by atoms with Gasteiger partial charge in [-0.1, -0.05) is 43.6 Å². The third-order valence-electron chi connectivity index (χ3n) is 3.44. The van der Waals surface area contributed by atoms with Gasteiger partial charge in [-0.3, -0.25) is 0 Å². The summed E-state index contributed by atoms with van der Waals surface area (Å²) in [7, 11) is 0. The van der Waals surface area contributed by atoms with Crippen LogP contribution in [-0.2, 0) is 0 Å². The molecule has 2 bridgehead atoms. The molecule has 2 atom stereocenters. The molecule has 0 amide bonds. The third kappa shape index (κ3) is 2.04. The monoisotopic (exact) mass is 176 g/mol. The van der Waals surface area contributed by atoms with Gasteiger partial charge in [0.15, 0.2) is 0 Å². The maximum absolute atomic E-state index is 2.49. The van der Waals surface area contributed by atoms with E-state index in [-0.39, 0.29) is 0 Å². The average molecular weight is 176 g/mol. The first-order valence-electron chi connectivity index (χ1n) is 5.74. The maximum Gasteiger partial charge on any atom is -0.0162 e. The van der Waals surface area contributed by atoms with E-state index < -0.39 is 0 Å². The van der Waals surface area contributed by atoms with E-state index in [1.807, 2.05) is 0 Å². The predicted molar refractivity (Wildman–Crippen MR) is 57.6 cm³/mol. The molecule has 13 heavy (non-hydrogen) atoms. The molecule has 2 aliphatic carbocycles. The Morgan fingerprint density at radius 2 is 2.38 bits per heavy atom. The van der Waals surface area contributed by atoms with Gasteiger partial charge in [0.2, 0.25) is 0 Å². The fourth-order valence-electron chi connectivity index (χ4n) is 2.60. The molecule has 0 spiro atoms. The minimum atomic E-state index is 0.900. The van der Waals surface area contributed by atoms with E-state index >= 15 is 0 Å². The summed E-state index contributed by atoms with van der Waals surface area (Å²) in [6.07, 6.45) is 15.5. The lowest BCUT2D eigenvalue weighted by Gasteiger charge is -2.13. The molecule has 72 valence electrons. The number of fused-ring (bicyclic) bond motifs is 2. The van der Waals surface area contributed by atoms with Crippen molar-refractivity contribution in [2.45, 2.75) is 45.4 Å². The van der Waals surface area contributed by atoms with Crippen LogP contribution >= 0.6 is 0 Å². The minimum absolute atomic E-state index is 0.900. The summed E-state index contributed by atoms with van der Waals surface area (Å²) in [5.74, 6) is 1.88. The lowest BCUT2D eigenvalue weighted by Crippen LogP contribution is -2.03. The Morgan fingerprint density at radius 1 is 1.46 bits per heavy atom. The van der Waals surface area contributed by atoms with E-state index in [2.05, 4.69) is 25.2 Å². The second-order valence-electron chi connectivity index (χ2n) is 4.50. The van der Waals surface area contributed by atoms with E-state index in [0.717, 1.165) is 11.8 Å². The minimum Gasteiger partial charge on any atom is -0.0882 e. The van der Waals surface area contributed by atoms with Crippen molar-refractivity contribution in [3.63, 3.8) is 0 Å². The zero-order chi connectivity index (χ0) is 9.10. The van der Waals surface area contributed by atoms with Gasteiger partial charge >= 0.3 is 0 Å². The van der Waals surface area contributed by atoms with Gasteiger partial charge in [-0.05, 0) is 37.5 Å². The van der Waals surface area contributed by atoms with Crippen LogP contribution in [0.3, 0.4) is 0 Å². The molecule has 0 N–H and O–H groups in total. The summed E-state index contributed by atoms with van der Waals surface area (Å²) in [4.78, 5) is 0. The Kier molecular flexibility index (Phi) is 2.87. The second-order valence-corrected chi connectivity index (χ2v) is 4.50. The maximum atomic E-state index is 2.49. The molecule has 0 heteroatoms. The Bertz CT molecular complexity index is 222. The van der Waals surface area contributed by atoms with Crippen LogP contribution < -0.4 is 0 Å². The summed E-state index contributed by atoms with van der Waals surface area (Å²) in [5, 5.41) is 0. The highest BCUT2D eigenvalue weighted by atomic mass is 14.4. The van der Waals surface area contributed by atoms with Crippen LogP contribution in [-0.4, -0.2) is 0 Å². The quantitative estimate of drug-likeness (QED) is 0.447. The molecular formula is C13H20. The number of hydrogen-bond donors (Lipinski definition) is 0. The average Bonchev–Trinajstić information content (AvgIpc) is 2.73. The molecular weight excluding hydrogens is 156 g/mol. The number of hydrogen-bond acceptors (Lipinski definition) is 0. The number of unbranched alkanes of at least 4 members (excludes halogenated alkanes) is 2. The SMILES string of the molecule is CCCCC=CC1CC2=CCC1C2. The van der Waals surface area contributed by atoms with Gasteiger partial charge in [-0.2, -0.15) is 0 Å². The smallest absolute Gasteiger partial charge is 0.0162 e. The fraction of sp³-hybridized carbons (Fsp3) is 0.692. The van der Waals surface area contributed by atoms with Crippen LogP contribution in [0.1, 0.15) is 45.4 Å². The predicted octanol–water partition coefficient (Wildman–Crippen LogP) is 4.09. The number of rotatable bonds is 4. The Balaban J connectivity index is 1.77. The van der Waals surface area contributed by atoms with Crippen LogP contribution in [0.2, 0.25) is 0 Å². The van der Waals surface area contributed by atoms with Gasteiger partial charge in [0.05, 0.1) is 0 Å².